The maximum atomic E-state index is 11.5. The van der Waals surface area contributed by atoms with Crippen molar-refractivity contribution in [1.29, 1.82) is 0 Å². The largest absolute Gasteiger partial charge is 0.376 e. The van der Waals surface area contributed by atoms with Crippen LogP contribution in [0.3, 0.4) is 0 Å². The number of amides is 1. The van der Waals surface area contributed by atoms with Crippen LogP contribution in [-0.4, -0.2) is 19.0 Å². The Morgan fingerprint density at radius 3 is 2.89 bits per heavy atom. The summed E-state index contributed by atoms with van der Waals surface area (Å²) in [5, 5.41) is 5.92. The predicted octanol–water partition coefficient (Wildman–Crippen LogP) is 2.24. The third-order valence-corrected chi connectivity index (χ3v) is 2.53. The first-order valence-corrected chi connectivity index (χ1v) is 6.19. The Balaban J connectivity index is 2.31. The second-order valence-corrected chi connectivity index (χ2v) is 4.61. The van der Waals surface area contributed by atoms with E-state index in [1.807, 2.05) is 24.3 Å². The van der Waals surface area contributed by atoms with Crippen molar-refractivity contribution in [3.05, 3.63) is 29.8 Å². The topological polar surface area (TPSA) is 41.1 Å². The highest BCUT2D eigenvalue weighted by atomic mass is 16.1. The number of rotatable bonds is 6. The molecule has 0 bridgehead atoms. The smallest absolute Gasteiger partial charge is 0.239 e. The van der Waals surface area contributed by atoms with Crippen LogP contribution in [0.5, 0.6) is 0 Å². The molecular weight excluding hydrogens is 224 g/mol. The Labute approximate surface area is 109 Å². The van der Waals surface area contributed by atoms with E-state index in [2.05, 4.69) is 30.4 Å². The Bertz CT molecular complexity index is 432. The fourth-order valence-electron chi connectivity index (χ4n) is 1.46. The first-order chi connectivity index (χ1) is 8.61. The predicted molar refractivity (Wildman–Crippen MR) is 75.3 cm³/mol. The van der Waals surface area contributed by atoms with E-state index in [1.165, 1.54) is 0 Å². The standard InChI is InChI=1S/C15H20N2O/c1-4-13-6-5-7-14(10-13)17-11-15(18)16-9-8-12(2)3/h1,5-7,10,12,17H,8-9,11H2,2-3H3,(H,16,18). The molecule has 0 aliphatic heterocycles. The first kappa shape index (κ1) is 14.1. The van der Waals surface area contributed by atoms with Crippen molar-refractivity contribution in [2.75, 3.05) is 18.4 Å². The van der Waals surface area contributed by atoms with Gasteiger partial charge < -0.3 is 10.6 Å². The zero-order valence-electron chi connectivity index (χ0n) is 11.0. The second kappa shape index (κ2) is 7.39. The Kier molecular flexibility index (Phi) is 5.79. The van der Waals surface area contributed by atoms with E-state index in [9.17, 15) is 4.79 Å². The summed E-state index contributed by atoms with van der Waals surface area (Å²) in [5.41, 5.74) is 1.67. The Morgan fingerprint density at radius 1 is 1.44 bits per heavy atom. The van der Waals surface area contributed by atoms with Crippen molar-refractivity contribution in [3.8, 4) is 12.3 Å². The summed E-state index contributed by atoms with van der Waals surface area (Å²) in [6, 6.07) is 7.46. The van der Waals surface area contributed by atoms with Crippen molar-refractivity contribution in [3.63, 3.8) is 0 Å². The number of terminal acetylenes is 1. The van der Waals surface area contributed by atoms with Gasteiger partial charge in [-0.2, -0.15) is 0 Å². The van der Waals surface area contributed by atoms with Crippen LogP contribution in [0, 0.1) is 18.3 Å². The molecule has 0 aliphatic rings. The van der Waals surface area contributed by atoms with Gasteiger partial charge in [0.1, 0.15) is 0 Å². The number of anilines is 1. The normalized spacial score (nSPS) is 9.89. The average molecular weight is 244 g/mol. The highest BCUT2D eigenvalue weighted by molar-refractivity contribution is 5.80. The lowest BCUT2D eigenvalue weighted by Gasteiger charge is -2.09. The molecule has 0 saturated heterocycles. The number of carbonyl (C=O) groups excluding carboxylic acids is 1. The van der Waals surface area contributed by atoms with Gasteiger partial charge in [-0.1, -0.05) is 25.8 Å². The van der Waals surface area contributed by atoms with Crippen LogP contribution >= 0.6 is 0 Å². The van der Waals surface area contributed by atoms with E-state index in [0.29, 0.717) is 5.92 Å². The van der Waals surface area contributed by atoms with Crippen LogP contribution in [0.1, 0.15) is 25.8 Å². The van der Waals surface area contributed by atoms with Gasteiger partial charge in [0.15, 0.2) is 0 Å². The number of hydrogen-bond acceptors (Lipinski definition) is 2. The number of benzene rings is 1. The van der Waals surface area contributed by atoms with Gasteiger partial charge in [-0.3, -0.25) is 4.79 Å². The fraction of sp³-hybridized carbons (Fsp3) is 0.400. The van der Waals surface area contributed by atoms with E-state index < -0.39 is 0 Å². The molecular formula is C15H20N2O. The van der Waals surface area contributed by atoms with Gasteiger partial charge in [-0.05, 0) is 30.5 Å². The molecule has 1 aromatic rings. The molecule has 0 atom stereocenters. The van der Waals surface area contributed by atoms with Gasteiger partial charge in [0, 0.05) is 17.8 Å². The number of hydrogen-bond donors (Lipinski definition) is 2. The molecule has 0 aliphatic carbocycles. The van der Waals surface area contributed by atoms with Gasteiger partial charge in [-0.25, -0.2) is 0 Å². The minimum absolute atomic E-state index is 0.00163. The Hall–Kier alpha value is -1.95. The zero-order valence-corrected chi connectivity index (χ0v) is 11.0. The van der Waals surface area contributed by atoms with Gasteiger partial charge in [-0.15, -0.1) is 6.42 Å². The van der Waals surface area contributed by atoms with Crippen molar-refractivity contribution in [2.24, 2.45) is 5.92 Å². The average Bonchev–Trinajstić information content (AvgIpc) is 2.36. The third kappa shape index (κ3) is 5.40. The summed E-state index contributed by atoms with van der Waals surface area (Å²) in [5.74, 6) is 3.17. The molecule has 0 radical (unpaired) electrons. The third-order valence-electron chi connectivity index (χ3n) is 2.53. The van der Waals surface area contributed by atoms with Crippen LogP contribution in [-0.2, 0) is 4.79 Å². The van der Waals surface area contributed by atoms with E-state index in [1.54, 1.807) is 0 Å². The van der Waals surface area contributed by atoms with Crippen molar-refractivity contribution < 1.29 is 4.79 Å². The zero-order chi connectivity index (χ0) is 13.4. The van der Waals surface area contributed by atoms with Crippen LogP contribution in [0.2, 0.25) is 0 Å². The van der Waals surface area contributed by atoms with Crippen molar-refractivity contribution in [1.82, 2.24) is 5.32 Å². The summed E-state index contributed by atoms with van der Waals surface area (Å²) >= 11 is 0. The van der Waals surface area contributed by atoms with Crippen LogP contribution < -0.4 is 10.6 Å². The second-order valence-electron chi connectivity index (χ2n) is 4.61. The van der Waals surface area contributed by atoms with Crippen molar-refractivity contribution in [2.45, 2.75) is 20.3 Å². The highest BCUT2D eigenvalue weighted by Crippen LogP contribution is 2.08. The van der Waals surface area contributed by atoms with Gasteiger partial charge >= 0.3 is 0 Å². The summed E-state index contributed by atoms with van der Waals surface area (Å²) in [6.45, 7) is 5.26. The molecule has 0 fully saturated rings. The first-order valence-electron chi connectivity index (χ1n) is 6.19. The molecule has 1 amide bonds. The molecule has 96 valence electrons. The molecule has 0 heterocycles. The van der Waals surface area contributed by atoms with Crippen LogP contribution in [0.25, 0.3) is 0 Å². The quantitative estimate of drug-likeness (QED) is 0.754. The molecule has 1 rings (SSSR count). The van der Waals surface area contributed by atoms with E-state index >= 15 is 0 Å². The fourth-order valence-corrected chi connectivity index (χ4v) is 1.46. The molecule has 3 heteroatoms. The van der Waals surface area contributed by atoms with Crippen molar-refractivity contribution >= 4 is 11.6 Å². The lowest BCUT2D eigenvalue weighted by Crippen LogP contribution is -2.31. The van der Waals surface area contributed by atoms with Gasteiger partial charge in [0.2, 0.25) is 5.91 Å². The maximum Gasteiger partial charge on any atom is 0.239 e. The minimum Gasteiger partial charge on any atom is -0.376 e. The molecule has 0 aromatic heterocycles. The molecule has 0 unspecified atom stereocenters. The highest BCUT2D eigenvalue weighted by Gasteiger charge is 2.01. The van der Waals surface area contributed by atoms with E-state index in [4.69, 9.17) is 6.42 Å². The van der Waals surface area contributed by atoms with Crippen LogP contribution in [0.15, 0.2) is 24.3 Å². The number of nitrogens with one attached hydrogen (secondary N) is 2. The minimum atomic E-state index is 0.00163. The van der Waals surface area contributed by atoms with Crippen LogP contribution in [0.4, 0.5) is 5.69 Å². The van der Waals surface area contributed by atoms with E-state index in [-0.39, 0.29) is 12.5 Å². The lowest BCUT2D eigenvalue weighted by molar-refractivity contribution is -0.119. The summed E-state index contributed by atoms with van der Waals surface area (Å²) < 4.78 is 0. The van der Waals surface area contributed by atoms with Gasteiger partial charge in [0.05, 0.1) is 6.54 Å². The lowest BCUT2D eigenvalue weighted by atomic mass is 10.1. The van der Waals surface area contributed by atoms with Gasteiger partial charge in [0.25, 0.3) is 0 Å². The molecule has 2 N–H and O–H groups in total. The summed E-state index contributed by atoms with van der Waals surface area (Å²) in [7, 11) is 0. The molecule has 3 nitrogen and oxygen atoms in total. The Morgan fingerprint density at radius 2 is 2.22 bits per heavy atom. The molecule has 18 heavy (non-hydrogen) atoms. The SMILES string of the molecule is C#Cc1cccc(NCC(=O)NCCC(C)C)c1. The summed E-state index contributed by atoms with van der Waals surface area (Å²) in [6.07, 6.45) is 6.31. The summed E-state index contributed by atoms with van der Waals surface area (Å²) in [4.78, 5) is 11.5. The number of carbonyl (C=O) groups is 1. The van der Waals surface area contributed by atoms with E-state index in [0.717, 1.165) is 24.2 Å². The monoisotopic (exact) mass is 244 g/mol. The molecule has 0 spiro atoms. The maximum absolute atomic E-state index is 11.5. The molecule has 1 aromatic carbocycles. The molecule has 0 saturated carbocycles.